The van der Waals surface area contributed by atoms with Gasteiger partial charge < -0.3 is 14.8 Å². The molecule has 3 aromatic rings. The molecule has 4 rings (SSSR count). The molecule has 5 heteroatoms. The maximum absolute atomic E-state index is 12.5. The van der Waals surface area contributed by atoms with Gasteiger partial charge in [-0.2, -0.15) is 0 Å². The first-order chi connectivity index (χ1) is 12.2. The van der Waals surface area contributed by atoms with Crippen molar-refractivity contribution in [2.45, 2.75) is 25.5 Å². The highest BCUT2D eigenvalue weighted by molar-refractivity contribution is 7.17. The zero-order chi connectivity index (χ0) is 17.2. The van der Waals surface area contributed by atoms with Gasteiger partial charge in [-0.1, -0.05) is 30.3 Å². The van der Waals surface area contributed by atoms with Crippen molar-refractivity contribution >= 4 is 27.3 Å². The Morgan fingerprint density at radius 2 is 1.96 bits per heavy atom. The van der Waals surface area contributed by atoms with Crippen molar-refractivity contribution in [3.8, 4) is 11.5 Å². The molecule has 1 aliphatic heterocycles. The van der Waals surface area contributed by atoms with Gasteiger partial charge in [0, 0.05) is 10.7 Å². The molecule has 0 aliphatic carbocycles. The summed E-state index contributed by atoms with van der Waals surface area (Å²) in [7, 11) is 0. The summed E-state index contributed by atoms with van der Waals surface area (Å²) >= 11 is 1.74. The lowest BCUT2D eigenvalue weighted by atomic mass is 10.1. The van der Waals surface area contributed by atoms with Crippen LogP contribution in [0.1, 0.15) is 12.5 Å². The van der Waals surface area contributed by atoms with E-state index in [2.05, 4.69) is 22.8 Å². The van der Waals surface area contributed by atoms with Crippen LogP contribution in [0.3, 0.4) is 0 Å². The summed E-state index contributed by atoms with van der Waals surface area (Å²) in [5.41, 5.74) is 1.26. The molecule has 2 aromatic carbocycles. The Labute approximate surface area is 150 Å². The number of ether oxygens (including phenoxy) is 2. The number of hydrogen-bond acceptors (Lipinski definition) is 4. The molecular formula is C20H19NO3S. The first kappa shape index (κ1) is 16.0. The Kier molecular flexibility index (Phi) is 4.32. The second-order valence-electron chi connectivity index (χ2n) is 6.24. The monoisotopic (exact) mass is 353 g/mol. The fourth-order valence-corrected chi connectivity index (χ4v) is 4.03. The summed E-state index contributed by atoms with van der Waals surface area (Å²) in [6.45, 7) is 2.25. The Hall–Kier alpha value is -2.53. The molecule has 0 spiro atoms. The zero-order valence-corrected chi connectivity index (χ0v) is 14.7. The summed E-state index contributed by atoms with van der Waals surface area (Å²) in [6, 6.07) is 15.8. The molecule has 1 aliphatic rings. The summed E-state index contributed by atoms with van der Waals surface area (Å²) in [4.78, 5) is 12.5. The summed E-state index contributed by atoms with van der Waals surface area (Å²) in [6.07, 6.45) is 0.177. The number of hydrogen-bond donors (Lipinski definition) is 1. The van der Waals surface area contributed by atoms with Crippen molar-refractivity contribution in [3.05, 3.63) is 59.5 Å². The van der Waals surface area contributed by atoms with Gasteiger partial charge in [-0.05, 0) is 47.9 Å². The highest BCUT2D eigenvalue weighted by Crippen LogP contribution is 2.31. The third-order valence-electron chi connectivity index (χ3n) is 4.28. The molecule has 128 valence electrons. The predicted molar refractivity (Wildman–Crippen MR) is 99.5 cm³/mol. The number of carbonyl (C=O) groups is 1. The first-order valence-corrected chi connectivity index (χ1v) is 9.22. The van der Waals surface area contributed by atoms with Gasteiger partial charge in [0.1, 0.15) is 6.61 Å². The lowest BCUT2D eigenvalue weighted by molar-refractivity contribution is -0.130. The molecule has 0 saturated heterocycles. The number of fused-ring (bicyclic) bond motifs is 2. The van der Waals surface area contributed by atoms with E-state index < -0.39 is 6.10 Å². The summed E-state index contributed by atoms with van der Waals surface area (Å²) < 4.78 is 12.7. The highest BCUT2D eigenvalue weighted by Gasteiger charge is 2.28. The number of rotatable bonds is 4. The molecule has 2 atom stereocenters. The van der Waals surface area contributed by atoms with E-state index >= 15 is 0 Å². The normalized spacial score (nSPS) is 17.2. The summed E-state index contributed by atoms with van der Waals surface area (Å²) in [5, 5.41) is 6.48. The second kappa shape index (κ2) is 6.76. The van der Waals surface area contributed by atoms with Crippen LogP contribution in [-0.2, 0) is 11.2 Å². The van der Waals surface area contributed by atoms with Crippen LogP contribution in [0.15, 0.2) is 53.9 Å². The van der Waals surface area contributed by atoms with Crippen molar-refractivity contribution in [2.75, 3.05) is 6.61 Å². The van der Waals surface area contributed by atoms with E-state index in [9.17, 15) is 4.79 Å². The molecule has 0 radical (unpaired) electrons. The van der Waals surface area contributed by atoms with Crippen LogP contribution in [0.4, 0.5) is 0 Å². The van der Waals surface area contributed by atoms with Gasteiger partial charge in [0.05, 0.1) is 0 Å². The minimum atomic E-state index is -0.614. The van der Waals surface area contributed by atoms with E-state index in [-0.39, 0.29) is 18.6 Å². The topological polar surface area (TPSA) is 47.6 Å². The molecule has 1 aromatic heterocycles. The van der Waals surface area contributed by atoms with Gasteiger partial charge in [-0.25, -0.2) is 0 Å². The minimum absolute atomic E-state index is 0.0197. The number of benzene rings is 2. The smallest absolute Gasteiger partial charge is 0.264 e. The first-order valence-electron chi connectivity index (χ1n) is 8.34. The molecule has 0 bridgehead atoms. The van der Waals surface area contributed by atoms with Gasteiger partial charge in [-0.3, -0.25) is 4.79 Å². The van der Waals surface area contributed by atoms with Gasteiger partial charge in [0.25, 0.3) is 5.91 Å². The Balaban J connectivity index is 1.39. The predicted octanol–water partition coefficient (Wildman–Crippen LogP) is 3.79. The molecule has 0 saturated carbocycles. The van der Waals surface area contributed by atoms with Crippen molar-refractivity contribution in [1.82, 2.24) is 5.32 Å². The summed E-state index contributed by atoms with van der Waals surface area (Å²) in [5.74, 6) is 1.16. The minimum Gasteiger partial charge on any atom is -0.485 e. The Bertz CT molecular complexity index is 905. The lowest BCUT2D eigenvalue weighted by Gasteiger charge is -2.26. The molecule has 0 fully saturated rings. The van der Waals surface area contributed by atoms with E-state index in [4.69, 9.17) is 9.47 Å². The average molecular weight is 353 g/mol. The van der Waals surface area contributed by atoms with Gasteiger partial charge in [0.15, 0.2) is 11.5 Å². The Morgan fingerprint density at radius 1 is 1.20 bits per heavy atom. The van der Waals surface area contributed by atoms with Gasteiger partial charge in [0.2, 0.25) is 6.10 Å². The fourth-order valence-electron chi connectivity index (χ4n) is 3.06. The van der Waals surface area contributed by atoms with Crippen LogP contribution in [0.5, 0.6) is 11.5 Å². The standard InChI is InChI=1S/C20H19NO3S/c1-13(10-14-12-25-19-9-5-2-6-15(14)19)21-20(22)18-11-23-16-7-3-4-8-17(16)24-18/h2-9,12-13,18H,10-11H2,1H3,(H,21,22)/t13-,18-/m0/s1. The van der Waals surface area contributed by atoms with Gasteiger partial charge in [-0.15, -0.1) is 11.3 Å². The molecule has 0 unspecified atom stereocenters. The van der Waals surface area contributed by atoms with Crippen LogP contribution in [0.2, 0.25) is 0 Å². The van der Waals surface area contributed by atoms with Crippen LogP contribution >= 0.6 is 11.3 Å². The van der Waals surface area contributed by atoms with Crippen molar-refractivity contribution in [3.63, 3.8) is 0 Å². The quantitative estimate of drug-likeness (QED) is 0.776. The maximum Gasteiger partial charge on any atom is 0.264 e. The number of amides is 1. The highest BCUT2D eigenvalue weighted by atomic mass is 32.1. The van der Waals surface area contributed by atoms with Crippen LogP contribution in [-0.4, -0.2) is 24.7 Å². The largest absolute Gasteiger partial charge is 0.485 e. The lowest BCUT2D eigenvalue weighted by Crippen LogP contribution is -2.47. The van der Waals surface area contributed by atoms with Crippen LogP contribution < -0.4 is 14.8 Å². The molecule has 25 heavy (non-hydrogen) atoms. The molecular weight excluding hydrogens is 334 g/mol. The van der Waals surface area contributed by atoms with Crippen molar-refractivity contribution < 1.29 is 14.3 Å². The fraction of sp³-hybridized carbons (Fsp3) is 0.250. The van der Waals surface area contributed by atoms with Crippen molar-refractivity contribution in [2.24, 2.45) is 0 Å². The second-order valence-corrected chi connectivity index (χ2v) is 7.15. The molecule has 4 nitrogen and oxygen atoms in total. The number of thiophene rings is 1. The van der Waals surface area contributed by atoms with E-state index in [1.807, 2.05) is 43.3 Å². The third-order valence-corrected chi connectivity index (χ3v) is 5.29. The molecule has 1 N–H and O–H groups in total. The molecule has 2 heterocycles. The third kappa shape index (κ3) is 3.33. The van der Waals surface area contributed by atoms with Crippen LogP contribution in [0.25, 0.3) is 10.1 Å². The van der Waals surface area contributed by atoms with Crippen molar-refractivity contribution in [1.29, 1.82) is 0 Å². The number of carbonyl (C=O) groups excluding carboxylic acids is 1. The number of nitrogens with one attached hydrogen (secondary N) is 1. The van der Waals surface area contributed by atoms with Crippen LogP contribution in [0, 0.1) is 0 Å². The van der Waals surface area contributed by atoms with E-state index in [0.717, 1.165) is 6.42 Å². The maximum atomic E-state index is 12.5. The number of para-hydroxylation sites is 2. The van der Waals surface area contributed by atoms with E-state index in [1.54, 1.807) is 11.3 Å². The SMILES string of the molecule is C[C@@H](Cc1csc2ccccc12)NC(=O)[C@@H]1COc2ccccc2O1. The zero-order valence-electron chi connectivity index (χ0n) is 13.9. The van der Waals surface area contributed by atoms with E-state index in [0.29, 0.717) is 11.5 Å². The Morgan fingerprint density at radius 3 is 2.84 bits per heavy atom. The van der Waals surface area contributed by atoms with E-state index in [1.165, 1.54) is 15.6 Å². The average Bonchev–Trinajstić information content (AvgIpc) is 3.04. The molecule has 1 amide bonds. The van der Waals surface area contributed by atoms with Gasteiger partial charge >= 0.3 is 0 Å².